The molecule has 0 unspecified atom stereocenters. The first kappa shape index (κ1) is 12.9. The summed E-state index contributed by atoms with van der Waals surface area (Å²) in [7, 11) is 5.62. The van der Waals surface area contributed by atoms with Crippen LogP contribution < -0.4 is 10.2 Å². The molecule has 4 nitrogen and oxygen atoms in total. The number of hydrogen-bond donors (Lipinski definition) is 1. The van der Waals surface area contributed by atoms with E-state index in [2.05, 4.69) is 10.3 Å². The smallest absolute Gasteiger partial charge is 0.412 e. The molecule has 0 saturated carbocycles. The minimum atomic E-state index is -0.511. The number of benzene rings is 1. The van der Waals surface area contributed by atoms with Crippen molar-refractivity contribution in [2.75, 3.05) is 5.32 Å². The summed E-state index contributed by atoms with van der Waals surface area (Å²) < 4.78 is 6.10. The average molecular weight is 260 g/mol. The molecule has 0 fully saturated rings. The standard InChI is InChI=1S/C12H13BN2O2S/c1-12(2,3)17-11(16)14-7-4-5-8-9(6-7)18-10(13)15-8/h4-6H,1-3H3,(H,14,16). The van der Waals surface area contributed by atoms with Gasteiger partial charge in [-0.05, 0) is 39.0 Å². The summed E-state index contributed by atoms with van der Waals surface area (Å²) in [6.07, 6.45) is -0.473. The molecule has 2 rings (SSSR count). The molecule has 1 aromatic carbocycles. The van der Waals surface area contributed by atoms with Crippen LogP contribution in [0.2, 0.25) is 0 Å². The summed E-state index contributed by atoms with van der Waals surface area (Å²) in [6.45, 7) is 5.46. The minimum Gasteiger partial charge on any atom is -0.444 e. The Morgan fingerprint density at radius 2 is 2.17 bits per heavy atom. The fourth-order valence-corrected chi connectivity index (χ4v) is 2.22. The Labute approximate surface area is 111 Å². The van der Waals surface area contributed by atoms with E-state index in [1.807, 2.05) is 32.9 Å². The SMILES string of the molecule is [B]c1nc2ccc(NC(=O)OC(C)(C)C)cc2s1. The Bertz CT molecular complexity index is 589. The van der Waals surface area contributed by atoms with Gasteiger partial charge in [-0.3, -0.25) is 10.3 Å². The fraction of sp³-hybridized carbons (Fsp3) is 0.333. The summed E-state index contributed by atoms with van der Waals surface area (Å²) in [6, 6.07) is 5.41. The van der Waals surface area contributed by atoms with E-state index in [1.165, 1.54) is 11.3 Å². The quantitative estimate of drug-likeness (QED) is 0.801. The number of anilines is 1. The van der Waals surface area contributed by atoms with E-state index in [0.717, 1.165) is 10.2 Å². The fourth-order valence-electron chi connectivity index (χ4n) is 1.44. The zero-order valence-corrected chi connectivity index (χ0v) is 11.3. The largest absolute Gasteiger partial charge is 0.444 e. The number of nitrogens with zero attached hydrogens (tertiary/aromatic N) is 1. The monoisotopic (exact) mass is 260 g/mol. The van der Waals surface area contributed by atoms with Crippen LogP contribution in [0.3, 0.4) is 0 Å². The molecule has 18 heavy (non-hydrogen) atoms. The van der Waals surface area contributed by atoms with Gasteiger partial charge in [0.2, 0.25) is 0 Å². The first-order valence-electron chi connectivity index (χ1n) is 5.49. The highest BCUT2D eigenvalue weighted by Gasteiger charge is 2.16. The molecule has 0 saturated heterocycles. The Morgan fingerprint density at radius 3 is 2.83 bits per heavy atom. The molecule has 1 heterocycles. The Hall–Kier alpha value is -1.56. The van der Waals surface area contributed by atoms with E-state index in [-0.39, 0.29) is 0 Å². The van der Waals surface area contributed by atoms with Crippen molar-refractivity contribution in [3.8, 4) is 0 Å². The lowest BCUT2D eigenvalue weighted by Gasteiger charge is -2.19. The Kier molecular flexibility index (Phi) is 3.30. The zero-order valence-electron chi connectivity index (χ0n) is 10.5. The van der Waals surface area contributed by atoms with Gasteiger partial charge in [-0.1, -0.05) is 0 Å². The molecule has 2 radical (unpaired) electrons. The molecule has 0 atom stereocenters. The molecule has 0 bridgehead atoms. The van der Waals surface area contributed by atoms with E-state index in [1.54, 1.807) is 6.07 Å². The number of ether oxygens (including phenoxy) is 1. The second kappa shape index (κ2) is 4.61. The highest BCUT2D eigenvalue weighted by molar-refractivity contribution is 7.25. The lowest BCUT2D eigenvalue weighted by atomic mass is 10.2. The van der Waals surface area contributed by atoms with Crippen LogP contribution in [0.15, 0.2) is 18.2 Å². The van der Waals surface area contributed by atoms with Crippen LogP contribution in [0.25, 0.3) is 10.2 Å². The van der Waals surface area contributed by atoms with Gasteiger partial charge < -0.3 is 4.74 Å². The number of carbonyl (C=O) groups excluding carboxylic acids is 1. The van der Waals surface area contributed by atoms with Crippen molar-refractivity contribution in [3.05, 3.63) is 18.2 Å². The van der Waals surface area contributed by atoms with E-state index in [0.29, 0.717) is 10.6 Å². The molecule has 2 aromatic rings. The number of fused-ring (bicyclic) bond motifs is 1. The van der Waals surface area contributed by atoms with E-state index >= 15 is 0 Å². The lowest BCUT2D eigenvalue weighted by molar-refractivity contribution is 0.0636. The van der Waals surface area contributed by atoms with Crippen LogP contribution in [0.4, 0.5) is 10.5 Å². The van der Waals surface area contributed by atoms with Crippen LogP contribution >= 0.6 is 11.3 Å². The highest BCUT2D eigenvalue weighted by atomic mass is 32.1. The number of aromatic nitrogens is 1. The summed E-state index contributed by atoms with van der Waals surface area (Å²) in [5.74, 6) is 0. The number of carbonyl (C=O) groups is 1. The van der Waals surface area contributed by atoms with Gasteiger partial charge in [0.15, 0.2) is 7.85 Å². The minimum absolute atomic E-state index is 0.473. The lowest BCUT2D eigenvalue weighted by Crippen LogP contribution is -2.27. The maximum Gasteiger partial charge on any atom is 0.412 e. The highest BCUT2D eigenvalue weighted by Crippen LogP contribution is 2.21. The molecule has 0 aliphatic heterocycles. The van der Waals surface area contributed by atoms with Gasteiger partial charge in [0.1, 0.15) is 5.60 Å². The van der Waals surface area contributed by atoms with Gasteiger partial charge in [0.05, 0.1) is 10.2 Å². The first-order chi connectivity index (χ1) is 8.33. The van der Waals surface area contributed by atoms with Crippen molar-refractivity contribution in [2.45, 2.75) is 26.4 Å². The normalized spacial score (nSPS) is 11.5. The topological polar surface area (TPSA) is 51.2 Å². The summed E-state index contributed by atoms with van der Waals surface area (Å²) in [4.78, 5) is 16.3. The van der Waals surface area contributed by atoms with Gasteiger partial charge in [-0.2, -0.15) is 0 Å². The molecular formula is C12H13BN2O2S. The van der Waals surface area contributed by atoms with E-state index < -0.39 is 11.7 Å². The van der Waals surface area contributed by atoms with Crippen LogP contribution in [0.5, 0.6) is 0 Å². The first-order valence-corrected chi connectivity index (χ1v) is 6.31. The molecular weight excluding hydrogens is 247 g/mol. The van der Waals surface area contributed by atoms with Crippen LogP contribution in [-0.4, -0.2) is 24.5 Å². The average Bonchev–Trinajstić information content (AvgIpc) is 2.53. The van der Waals surface area contributed by atoms with Crippen molar-refractivity contribution in [2.24, 2.45) is 0 Å². The number of rotatable bonds is 1. The summed E-state index contributed by atoms with van der Waals surface area (Å²) in [5, 5.41) is 2.68. The van der Waals surface area contributed by atoms with Crippen molar-refractivity contribution < 1.29 is 9.53 Å². The van der Waals surface area contributed by atoms with Gasteiger partial charge in [-0.15, -0.1) is 11.3 Å². The second-order valence-electron chi connectivity index (χ2n) is 4.86. The summed E-state index contributed by atoms with van der Waals surface area (Å²) >= 11 is 1.38. The third-order valence-corrected chi connectivity index (χ3v) is 2.90. The maximum atomic E-state index is 11.6. The third kappa shape index (κ3) is 3.23. The van der Waals surface area contributed by atoms with Crippen molar-refractivity contribution >= 4 is 46.1 Å². The molecule has 6 heteroatoms. The third-order valence-electron chi connectivity index (χ3n) is 2.05. The molecule has 0 spiro atoms. The van der Waals surface area contributed by atoms with Gasteiger partial charge >= 0.3 is 6.09 Å². The van der Waals surface area contributed by atoms with Gasteiger partial charge in [-0.25, -0.2) is 4.79 Å². The molecule has 1 aromatic heterocycles. The van der Waals surface area contributed by atoms with Crippen molar-refractivity contribution in [3.63, 3.8) is 0 Å². The summed E-state index contributed by atoms with van der Waals surface area (Å²) in [5.41, 5.74) is 0.982. The molecule has 1 N–H and O–H groups in total. The molecule has 0 aliphatic rings. The van der Waals surface area contributed by atoms with E-state index in [4.69, 9.17) is 12.6 Å². The Morgan fingerprint density at radius 1 is 1.44 bits per heavy atom. The van der Waals surface area contributed by atoms with Gasteiger partial charge in [0, 0.05) is 10.6 Å². The van der Waals surface area contributed by atoms with E-state index in [9.17, 15) is 4.79 Å². The number of hydrogen-bond acceptors (Lipinski definition) is 4. The zero-order chi connectivity index (χ0) is 13.3. The van der Waals surface area contributed by atoms with Crippen molar-refractivity contribution in [1.82, 2.24) is 4.98 Å². The van der Waals surface area contributed by atoms with Crippen LogP contribution in [0, 0.1) is 0 Å². The van der Waals surface area contributed by atoms with Crippen molar-refractivity contribution in [1.29, 1.82) is 0 Å². The number of thiazole rings is 1. The predicted octanol–water partition coefficient (Wildman–Crippen LogP) is 2.44. The van der Waals surface area contributed by atoms with Crippen LogP contribution in [-0.2, 0) is 4.74 Å². The predicted molar refractivity (Wildman–Crippen MR) is 74.9 cm³/mol. The second-order valence-corrected chi connectivity index (χ2v) is 5.92. The van der Waals surface area contributed by atoms with Crippen LogP contribution in [0.1, 0.15) is 20.8 Å². The number of amides is 1. The molecule has 1 amide bonds. The van der Waals surface area contributed by atoms with Gasteiger partial charge in [0.25, 0.3) is 0 Å². The Balaban J connectivity index is 2.14. The molecule has 92 valence electrons. The maximum absolute atomic E-state index is 11.6. The molecule has 0 aliphatic carbocycles. The number of nitrogens with one attached hydrogen (secondary N) is 1.